The highest BCUT2D eigenvalue weighted by Crippen LogP contribution is 2.50. The van der Waals surface area contributed by atoms with Gasteiger partial charge in [0, 0.05) is 10.9 Å². The second-order valence-corrected chi connectivity index (χ2v) is 6.81. The summed E-state index contributed by atoms with van der Waals surface area (Å²) in [6, 6.07) is 1.57. The summed E-state index contributed by atoms with van der Waals surface area (Å²) in [5, 5.41) is 43.1. The quantitative estimate of drug-likeness (QED) is 0.392. The summed E-state index contributed by atoms with van der Waals surface area (Å²) < 4.78 is 7.06. The second kappa shape index (κ2) is 5.47. The van der Waals surface area contributed by atoms with E-state index >= 15 is 0 Å². The molecule has 3 aliphatic rings. The van der Waals surface area contributed by atoms with Crippen LogP contribution in [0.15, 0.2) is 11.2 Å². The Morgan fingerprint density at radius 1 is 1.21 bits per heavy atom. The van der Waals surface area contributed by atoms with Gasteiger partial charge in [-0.25, -0.2) is 0 Å². The van der Waals surface area contributed by atoms with Crippen LogP contribution in [-0.4, -0.2) is 55.8 Å². The Labute approximate surface area is 150 Å². The summed E-state index contributed by atoms with van der Waals surface area (Å²) in [5.74, 6) is 0.237. The normalized spacial score (nSPS) is 30.3. The van der Waals surface area contributed by atoms with Crippen LogP contribution in [0, 0.1) is 0 Å². The molecule has 0 saturated carbocycles. The van der Waals surface area contributed by atoms with E-state index in [2.05, 4.69) is 5.16 Å². The van der Waals surface area contributed by atoms with Gasteiger partial charge in [-0.2, -0.15) is 0 Å². The zero-order chi connectivity index (χ0) is 17.3. The number of rotatable bonds is 2. The lowest BCUT2D eigenvalue weighted by Crippen LogP contribution is -2.32. The number of aliphatic hydroxyl groups is 3. The van der Waals surface area contributed by atoms with E-state index in [4.69, 9.17) is 44.7 Å². The molecular weight excluding hydrogens is 383 g/mol. The third-order valence-electron chi connectivity index (χ3n) is 4.49. The minimum atomic E-state index is -1.32. The van der Waals surface area contributed by atoms with E-state index in [-0.39, 0.29) is 15.9 Å². The molecule has 2 bridgehead atoms. The van der Waals surface area contributed by atoms with Crippen molar-refractivity contribution in [1.29, 1.82) is 0 Å². The third-order valence-corrected chi connectivity index (χ3v) is 5.65. The topological polar surface area (TPSA) is 107 Å². The molecule has 0 spiro atoms. The number of aliphatic hydroxyl groups excluding tert-OH is 3. The average Bonchev–Trinajstić information content (AvgIpc) is 3.14. The van der Waals surface area contributed by atoms with Gasteiger partial charge in [-0.05, 0) is 6.07 Å². The SMILES string of the molecule is OC[C@H]1O[C@@H](c2c(Cl)c(Cl)cc3c2c2c(Cl)n3C2=NO)[C@H](O)[C@@H]1O. The molecule has 5 rings (SSSR count). The molecule has 0 amide bonds. The van der Waals surface area contributed by atoms with Crippen molar-refractivity contribution < 1.29 is 25.3 Å². The van der Waals surface area contributed by atoms with E-state index in [0.29, 0.717) is 27.2 Å². The predicted octanol–water partition coefficient (Wildman–Crippen LogP) is 1.75. The molecule has 2 aromatic rings. The van der Waals surface area contributed by atoms with Crippen LogP contribution < -0.4 is 0 Å². The molecule has 0 aliphatic carbocycles. The van der Waals surface area contributed by atoms with Crippen LogP contribution in [0.25, 0.3) is 10.9 Å². The van der Waals surface area contributed by atoms with Crippen LogP contribution >= 0.6 is 34.8 Å². The second-order valence-electron chi connectivity index (χ2n) is 5.66. The lowest BCUT2D eigenvalue weighted by atomic mass is 9.97. The fourth-order valence-electron chi connectivity index (χ4n) is 3.36. The molecule has 1 saturated heterocycles. The van der Waals surface area contributed by atoms with Gasteiger partial charge >= 0.3 is 0 Å². The summed E-state index contributed by atoms with van der Waals surface area (Å²) in [7, 11) is 0. The van der Waals surface area contributed by atoms with E-state index in [1.165, 1.54) is 4.57 Å². The molecule has 4 atom stereocenters. The molecule has 10 heteroatoms. The van der Waals surface area contributed by atoms with E-state index in [1.807, 2.05) is 0 Å². The third kappa shape index (κ3) is 1.86. The van der Waals surface area contributed by atoms with Gasteiger partial charge in [-0.1, -0.05) is 40.0 Å². The number of aromatic nitrogens is 1. The first kappa shape index (κ1) is 16.4. The van der Waals surface area contributed by atoms with Gasteiger partial charge in [0.25, 0.3) is 0 Å². The van der Waals surface area contributed by atoms with Crippen molar-refractivity contribution in [2.24, 2.45) is 5.16 Å². The highest BCUT2D eigenvalue weighted by molar-refractivity contribution is 6.47. The summed E-state index contributed by atoms with van der Waals surface area (Å²) in [4.78, 5) is 0. The molecule has 24 heavy (non-hydrogen) atoms. The number of hydrogen-bond acceptors (Lipinski definition) is 6. The van der Waals surface area contributed by atoms with Crippen molar-refractivity contribution in [3.63, 3.8) is 0 Å². The molecule has 0 unspecified atom stereocenters. The van der Waals surface area contributed by atoms with Gasteiger partial charge < -0.3 is 25.3 Å². The van der Waals surface area contributed by atoms with Crippen LogP contribution in [0.4, 0.5) is 0 Å². The molecule has 4 N–H and O–H groups in total. The summed E-state index contributed by atoms with van der Waals surface area (Å²) in [5.41, 5.74) is 1.33. The highest BCUT2D eigenvalue weighted by atomic mass is 35.5. The maximum absolute atomic E-state index is 10.3. The fourth-order valence-corrected chi connectivity index (χ4v) is 4.17. The first-order valence-electron chi connectivity index (χ1n) is 6.99. The summed E-state index contributed by atoms with van der Waals surface area (Å²) >= 11 is 18.7. The standard InChI is InChI=1S/C14H11Cl3N2O5/c15-3-1-4-6(8-13(17)19(4)14(8)18-23)7(9(3)16)12-11(22)10(21)5(2-20)24-12/h1,5,10-12,20-23H,2H2/t5-,10-,11-,12+/m1/s1. The largest absolute Gasteiger partial charge is 0.409 e. The molecule has 1 aromatic heterocycles. The first-order valence-corrected chi connectivity index (χ1v) is 8.12. The van der Waals surface area contributed by atoms with Crippen molar-refractivity contribution in [2.75, 3.05) is 6.61 Å². The molecule has 4 heterocycles. The number of nitrogens with zero attached hydrogens (tertiary/aromatic N) is 2. The number of halogens is 3. The van der Waals surface area contributed by atoms with Crippen molar-refractivity contribution in [3.05, 3.63) is 32.4 Å². The van der Waals surface area contributed by atoms with Crippen molar-refractivity contribution in [2.45, 2.75) is 24.4 Å². The Morgan fingerprint density at radius 2 is 1.92 bits per heavy atom. The molecule has 0 radical (unpaired) electrons. The molecule has 3 aliphatic heterocycles. The van der Waals surface area contributed by atoms with Gasteiger partial charge in [0.2, 0.25) is 0 Å². The van der Waals surface area contributed by atoms with E-state index in [0.717, 1.165) is 0 Å². The Morgan fingerprint density at radius 3 is 2.50 bits per heavy atom. The molecule has 7 nitrogen and oxygen atoms in total. The molecule has 128 valence electrons. The summed E-state index contributed by atoms with van der Waals surface area (Å²) in [6.45, 7) is -0.464. The first-order chi connectivity index (χ1) is 11.4. The highest BCUT2D eigenvalue weighted by Gasteiger charge is 2.47. The monoisotopic (exact) mass is 392 g/mol. The fraction of sp³-hybridized carbons (Fsp3) is 0.357. The Kier molecular flexibility index (Phi) is 3.74. The number of ether oxygens (including phenoxy) is 1. The van der Waals surface area contributed by atoms with Crippen LogP contribution in [0.2, 0.25) is 15.2 Å². The minimum absolute atomic E-state index is 0.133. The lowest BCUT2D eigenvalue weighted by molar-refractivity contribution is -0.0223. The van der Waals surface area contributed by atoms with Crippen molar-refractivity contribution in [3.8, 4) is 0 Å². The van der Waals surface area contributed by atoms with E-state index in [1.54, 1.807) is 6.07 Å². The van der Waals surface area contributed by atoms with Crippen LogP contribution in [0.5, 0.6) is 0 Å². The van der Waals surface area contributed by atoms with Gasteiger partial charge in [0.1, 0.15) is 29.6 Å². The Hall–Kier alpha value is -1.06. The maximum Gasteiger partial charge on any atom is 0.188 e. The zero-order valence-corrected chi connectivity index (χ0v) is 14.1. The smallest absolute Gasteiger partial charge is 0.188 e. The predicted molar refractivity (Wildman–Crippen MR) is 87.4 cm³/mol. The number of oxime groups is 1. The van der Waals surface area contributed by atoms with Gasteiger partial charge in [-0.15, -0.1) is 0 Å². The van der Waals surface area contributed by atoms with Crippen molar-refractivity contribution >= 4 is 51.5 Å². The van der Waals surface area contributed by atoms with Crippen LogP contribution in [0.1, 0.15) is 17.2 Å². The number of benzene rings is 1. The molecular formula is C14H11Cl3N2O5. The van der Waals surface area contributed by atoms with Crippen LogP contribution in [-0.2, 0) is 4.74 Å². The Balaban J connectivity index is 1.99. The molecule has 1 aromatic carbocycles. The van der Waals surface area contributed by atoms with Gasteiger partial charge in [-0.3, -0.25) is 4.57 Å². The molecule has 1 fully saturated rings. The average molecular weight is 394 g/mol. The summed E-state index contributed by atoms with van der Waals surface area (Å²) in [6.07, 6.45) is -4.57. The van der Waals surface area contributed by atoms with E-state index in [9.17, 15) is 15.3 Å². The van der Waals surface area contributed by atoms with E-state index < -0.39 is 31.0 Å². The zero-order valence-electron chi connectivity index (χ0n) is 11.8. The van der Waals surface area contributed by atoms with Gasteiger partial charge in [0.05, 0.1) is 27.7 Å². The van der Waals surface area contributed by atoms with Gasteiger partial charge in [0.15, 0.2) is 5.84 Å². The van der Waals surface area contributed by atoms with Crippen LogP contribution in [0.3, 0.4) is 0 Å². The number of hydrogen-bond donors (Lipinski definition) is 4. The maximum atomic E-state index is 10.3. The minimum Gasteiger partial charge on any atom is -0.409 e. The Bertz CT molecular complexity index is 897. The van der Waals surface area contributed by atoms with Crippen molar-refractivity contribution in [1.82, 2.24) is 4.57 Å². The lowest BCUT2D eigenvalue weighted by Gasteiger charge is -2.18.